The third kappa shape index (κ3) is 5.00. The lowest BCUT2D eigenvalue weighted by molar-refractivity contribution is -0.116. The number of phenols is 1. The predicted octanol–water partition coefficient (Wildman–Crippen LogP) is 4.10. The van der Waals surface area contributed by atoms with Crippen molar-refractivity contribution in [2.24, 2.45) is 0 Å². The average molecular weight is 432 g/mol. The summed E-state index contributed by atoms with van der Waals surface area (Å²) >= 11 is 0. The number of nitrogen functional groups attached to an aromatic ring is 2. The maximum Gasteiger partial charge on any atom is 0.225 e. The molecule has 32 heavy (non-hydrogen) atoms. The molecule has 2 heterocycles. The molecule has 1 aliphatic heterocycles. The number of nitrogens with zero attached hydrogens (tertiary/aromatic N) is 2. The Bertz CT molecular complexity index is 1110. The number of pyridine rings is 1. The second-order valence-corrected chi connectivity index (χ2v) is 8.15. The number of hydrogen-bond donors (Lipinski definition) is 4. The van der Waals surface area contributed by atoms with Crippen molar-refractivity contribution in [2.45, 2.75) is 25.7 Å². The molecule has 0 atom stereocenters. The van der Waals surface area contributed by atoms with E-state index in [4.69, 9.17) is 11.5 Å². The summed E-state index contributed by atoms with van der Waals surface area (Å²) < 4.78 is 0. The summed E-state index contributed by atoms with van der Waals surface area (Å²) in [4.78, 5) is 19.2. The van der Waals surface area contributed by atoms with Crippen molar-refractivity contribution in [3.63, 3.8) is 0 Å². The highest BCUT2D eigenvalue weighted by atomic mass is 16.3. The van der Waals surface area contributed by atoms with Gasteiger partial charge in [0.15, 0.2) is 0 Å². The van der Waals surface area contributed by atoms with Gasteiger partial charge >= 0.3 is 0 Å². The van der Waals surface area contributed by atoms with Gasteiger partial charge in [-0.05, 0) is 61.8 Å². The van der Waals surface area contributed by atoms with Crippen LogP contribution in [-0.4, -0.2) is 40.5 Å². The number of phenolic OH excluding ortho intramolecular Hbond substituents is 1. The number of hydrogen-bond acceptors (Lipinski definition) is 6. The molecule has 7 heteroatoms. The van der Waals surface area contributed by atoms with Crippen LogP contribution in [0.1, 0.15) is 25.7 Å². The molecule has 1 fully saturated rings. The summed E-state index contributed by atoms with van der Waals surface area (Å²) in [5.41, 5.74) is 16.0. The minimum Gasteiger partial charge on any atom is -0.507 e. The SMILES string of the molecule is Nc1nc(-c2ccccc2O)cc(-c2cccc(NC(=O)CCN3CCCCC3)c2)c1N. The summed E-state index contributed by atoms with van der Waals surface area (Å²) in [6.07, 6.45) is 4.17. The molecule has 4 rings (SSSR count). The Morgan fingerprint density at radius 3 is 2.56 bits per heavy atom. The number of aromatic hydroxyl groups is 1. The van der Waals surface area contributed by atoms with E-state index in [-0.39, 0.29) is 17.5 Å². The van der Waals surface area contributed by atoms with E-state index >= 15 is 0 Å². The molecule has 6 N–H and O–H groups in total. The van der Waals surface area contributed by atoms with Gasteiger partial charge < -0.3 is 26.8 Å². The number of piperidine rings is 1. The summed E-state index contributed by atoms with van der Waals surface area (Å²) in [6, 6.07) is 16.2. The molecule has 1 aliphatic rings. The van der Waals surface area contributed by atoms with E-state index in [1.807, 2.05) is 30.3 Å². The molecule has 1 saturated heterocycles. The van der Waals surface area contributed by atoms with Crippen molar-refractivity contribution in [3.05, 3.63) is 54.6 Å². The highest BCUT2D eigenvalue weighted by molar-refractivity contribution is 5.93. The third-order valence-corrected chi connectivity index (χ3v) is 5.83. The molecule has 0 unspecified atom stereocenters. The molecule has 0 spiro atoms. The van der Waals surface area contributed by atoms with Crippen LogP contribution in [0.15, 0.2) is 54.6 Å². The normalized spacial score (nSPS) is 14.2. The largest absolute Gasteiger partial charge is 0.507 e. The van der Waals surface area contributed by atoms with Gasteiger partial charge in [-0.2, -0.15) is 0 Å². The topological polar surface area (TPSA) is 118 Å². The predicted molar refractivity (Wildman–Crippen MR) is 129 cm³/mol. The highest BCUT2D eigenvalue weighted by Gasteiger charge is 2.15. The first-order valence-corrected chi connectivity index (χ1v) is 11.0. The average Bonchev–Trinajstić information content (AvgIpc) is 2.81. The first kappa shape index (κ1) is 21.6. The number of anilines is 3. The maximum atomic E-state index is 12.5. The van der Waals surface area contributed by atoms with Crippen molar-refractivity contribution >= 4 is 23.1 Å². The lowest BCUT2D eigenvalue weighted by Crippen LogP contribution is -2.32. The van der Waals surface area contributed by atoms with Crippen LogP contribution in [0, 0.1) is 0 Å². The van der Waals surface area contributed by atoms with Crippen LogP contribution in [0.4, 0.5) is 17.2 Å². The van der Waals surface area contributed by atoms with E-state index in [9.17, 15) is 9.90 Å². The fourth-order valence-electron chi connectivity index (χ4n) is 4.07. The van der Waals surface area contributed by atoms with Crippen molar-refractivity contribution in [1.82, 2.24) is 9.88 Å². The number of aromatic nitrogens is 1. The molecule has 3 aromatic rings. The highest BCUT2D eigenvalue weighted by Crippen LogP contribution is 2.36. The van der Waals surface area contributed by atoms with Crippen LogP contribution in [0.2, 0.25) is 0 Å². The van der Waals surface area contributed by atoms with Crippen molar-refractivity contribution in [1.29, 1.82) is 0 Å². The Kier molecular flexibility index (Phi) is 6.56. The molecule has 0 aliphatic carbocycles. The second kappa shape index (κ2) is 9.70. The zero-order valence-corrected chi connectivity index (χ0v) is 18.1. The summed E-state index contributed by atoms with van der Waals surface area (Å²) in [7, 11) is 0. The zero-order chi connectivity index (χ0) is 22.5. The second-order valence-electron chi connectivity index (χ2n) is 8.15. The molecule has 0 bridgehead atoms. The Morgan fingerprint density at radius 2 is 1.78 bits per heavy atom. The summed E-state index contributed by atoms with van der Waals surface area (Å²) in [6.45, 7) is 2.93. The number of nitrogens with one attached hydrogen (secondary N) is 1. The van der Waals surface area contributed by atoms with E-state index < -0.39 is 0 Å². The molecule has 0 radical (unpaired) electrons. The molecular weight excluding hydrogens is 402 g/mol. The van der Waals surface area contributed by atoms with Gasteiger partial charge in [0, 0.05) is 29.8 Å². The lowest BCUT2D eigenvalue weighted by atomic mass is 10.0. The van der Waals surface area contributed by atoms with Gasteiger partial charge in [0.05, 0.1) is 11.4 Å². The Morgan fingerprint density at radius 1 is 1.00 bits per heavy atom. The number of nitrogens with two attached hydrogens (primary N) is 2. The number of likely N-dealkylation sites (tertiary alicyclic amines) is 1. The van der Waals surface area contributed by atoms with Crippen molar-refractivity contribution in [3.8, 4) is 28.1 Å². The standard InChI is InChI=1S/C25H29N5O2/c26-24-20(16-21(29-25(24)27)19-9-2-3-10-22(19)31)17-7-6-8-18(15-17)28-23(32)11-14-30-12-4-1-5-13-30/h2-3,6-10,15-16,31H,1,4-5,11-14,26H2,(H2,27,29)(H,28,32). The van der Waals surface area contributed by atoms with Crippen LogP contribution in [0.5, 0.6) is 5.75 Å². The first-order valence-electron chi connectivity index (χ1n) is 11.0. The monoisotopic (exact) mass is 431 g/mol. The molecular formula is C25H29N5O2. The van der Waals surface area contributed by atoms with Gasteiger partial charge in [0.1, 0.15) is 11.6 Å². The van der Waals surface area contributed by atoms with E-state index in [1.165, 1.54) is 19.3 Å². The lowest BCUT2D eigenvalue weighted by Gasteiger charge is -2.25. The number of rotatable bonds is 6. The van der Waals surface area contributed by atoms with Gasteiger partial charge in [-0.25, -0.2) is 4.98 Å². The quantitative estimate of drug-likeness (QED) is 0.467. The molecule has 2 aromatic carbocycles. The fourth-order valence-corrected chi connectivity index (χ4v) is 4.07. The molecule has 7 nitrogen and oxygen atoms in total. The van der Waals surface area contributed by atoms with Gasteiger partial charge in [0.25, 0.3) is 0 Å². The van der Waals surface area contributed by atoms with Gasteiger partial charge in [-0.15, -0.1) is 0 Å². The Balaban J connectivity index is 1.53. The maximum absolute atomic E-state index is 12.5. The molecule has 0 saturated carbocycles. The van der Waals surface area contributed by atoms with Crippen LogP contribution >= 0.6 is 0 Å². The number of amides is 1. The third-order valence-electron chi connectivity index (χ3n) is 5.83. The number of benzene rings is 2. The summed E-state index contributed by atoms with van der Waals surface area (Å²) in [5, 5.41) is 13.2. The van der Waals surface area contributed by atoms with Gasteiger partial charge in [-0.3, -0.25) is 4.79 Å². The minimum absolute atomic E-state index is 0.00941. The van der Waals surface area contributed by atoms with Crippen LogP contribution < -0.4 is 16.8 Å². The van der Waals surface area contributed by atoms with E-state index in [2.05, 4.69) is 15.2 Å². The molecule has 166 valence electrons. The van der Waals surface area contributed by atoms with Crippen molar-refractivity contribution in [2.75, 3.05) is 36.4 Å². The van der Waals surface area contributed by atoms with Crippen LogP contribution in [0.25, 0.3) is 22.4 Å². The van der Waals surface area contributed by atoms with Gasteiger partial charge in [-0.1, -0.05) is 30.7 Å². The van der Waals surface area contributed by atoms with E-state index in [0.29, 0.717) is 34.6 Å². The molecule has 1 amide bonds. The van der Waals surface area contributed by atoms with Crippen LogP contribution in [-0.2, 0) is 4.79 Å². The Hall–Kier alpha value is -3.58. The van der Waals surface area contributed by atoms with Crippen LogP contribution in [0.3, 0.4) is 0 Å². The summed E-state index contributed by atoms with van der Waals surface area (Å²) in [5.74, 6) is 0.298. The zero-order valence-electron chi connectivity index (χ0n) is 18.1. The first-order chi connectivity index (χ1) is 15.5. The molecule has 1 aromatic heterocycles. The smallest absolute Gasteiger partial charge is 0.225 e. The number of para-hydroxylation sites is 1. The number of carbonyl (C=O) groups is 1. The minimum atomic E-state index is -0.00941. The van der Waals surface area contributed by atoms with E-state index in [1.54, 1.807) is 24.3 Å². The number of carbonyl (C=O) groups excluding carboxylic acids is 1. The fraction of sp³-hybridized carbons (Fsp3) is 0.280. The van der Waals surface area contributed by atoms with Crippen molar-refractivity contribution < 1.29 is 9.90 Å². The van der Waals surface area contributed by atoms with Gasteiger partial charge in [0.2, 0.25) is 5.91 Å². The van der Waals surface area contributed by atoms with E-state index in [0.717, 1.165) is 25.2 Å². The Labute approximate surface area is 188 Å².